The molecule has 2 aromatic carbocycles. The Morgan fingerprint density at radius 2 is 1.85 bits per heavy atom. The van der Waals surface area contributed by atoms with E-state index in [1.165, 1.54) is 6.07 Å². The molecule has 0 bridgehead atoms. The van der Waals surface area contributed by atoms with Crippen LogP contribution in [0.2, 0.25) is 0 Å². The van der Waals surface area contributed by atoms with E-state index in [1.807, 2.05) is 0 Å². The number of hydrogen-bond donors (Lipinski definition) is 1. The Kier molecular flexibility index (Phi) is 4.73. The minimum Gasteiger partial charge on any atom is -0.496 e. The van der Waals surface area contributed by atoms with Crippen molar-refractivity contribution in [1.82, 2.24) is 0 Å². The quantitative estimate of drug-likeness (QED) is 0.909. The molecule has 20 heavy (non-hydrogen) atoms. The summed E-state index contributed by atoms with van der Waals surface area (Å²) < 4.78 is 33.0. The van der Waals surface area contributed by atoms with Crippen LogP contribution in [-0.2, 0) is 6.42 Å². The molecular formula is C15H13BrF2O2. The number of benzene rings is 2. The lowest BCUT2D eigenvalue weighted by molar-refractivity contribution is 0.168. The highest BCUT2D eigenvalue weighted by Crippen LogP contribution is 2.29. The third-order valence-corrected chi connectivity index (χ3v) is 3.60. The molecule has 0 heterocycles. The number of rotatable bonds is 4. The number of aliphatic hydroxyl groups excluding tert-OH is 1. The van der Waals surface area contributed by atoms with E-state index in [2.05, 4.69) is 15.9 Å². The molecule has 2 aromatic rings. The first-order valence-corrected chi connectivity index (χ1v) is 6.76. The van der Waals surface area contributed by atoms with E-state index in [1.54, 1.807) is 25.3 Å². The summed E-state index contributed by atoms with van der Waals surface area (Å²) in [7, 11) is 1.54. The highest BCUT2D eigenvalue weighted by Gasteiger charge is 2.18. The number of methoxy groups -OCH3 is 1. The summed E-state index contributed by atoms with van der Waals surface area (Å²) in [5.41, 5.74) is 0.437. The van der Waals surface area contributed by atoms with E-state index in [-0.39, 0.29) is 12.0 Å². The lowest BCUT2D eigenvalue weighted by atomic mass is 10.0. The van der Waals surface area contributed by atoms with Gasteiger partial charge < -0.3 is 9.84 Å². The Morgan fingerprint density at radius 1 is 1.20 bits per heavy atom. The van der Waals surface area contributed by atoms with E-state index in [4.69, 9.17) is 4.74 Å². The predicted molar refractivity (Wildman–Crippen MR) is 75.7 cm³/mol. The predicted octanol–water partition coefficient (Wildman–Crippen LogP) is 4.01. The molecule has 2 nitrogen and oxygen atoms in total. The maximum Gasteiger partial charge on any atom is 0.133 e. The average molecular weight is 343 g/mol. The van der Waals surface area contributed by atoms with Gasteiger partial charge in [-0.05, 0) is 45.8 Å². The maximum atomic E-state index is 13.6. The number of ether oxygens (including phenoxy) is 1. The molecule has 0 fully saturated rings. The van der Waals surface area contributed by atoms with Crippen molar-refractivity contribution in [3.63, 3.8) is 0 Å². The first-order chi connectivity index (χ1) is 9.52. The van der Waals surface area contributed by atoms with Crippen LogP contribution in [0.25, 0.3) is 0 Å². The van der Waals surface area contributed by atoms with E-state index < -0.39 is 17.7 Å². The van der Waals surface area contributed by atoms with Gasteiger partial charge in [-0.15, -0.1) is 0 Å². The minimum atomic E-state index is -1.24. The molecular weight excluding hydrogens is 330 g/mol. The normalized spacial score (nSPS) is 12.2. The van der Waals surface area contributed by atoms with Crippen LogP contribution in [0, 0.1) is 11.6 Å². The largest absolute Gasteiger partial charge is 0.496 e. The lowest BCUT2D eigenvalue weighted by Crippen LogP contribution is -2.07. The molecule has 0 amide bonds. The minimum absolute atomic E-state index is 0.112. The fourth-order valence-corrected chi connectivity index (χ4v) is 2.58. The highest BCUT2D eigenvalue weighted by molar-refractivity contribution is 9.10. The standard InChI is InChI=1S/C15H13BrF2O2/c1-20-14-6-5-9(7-10(14)16)8-13(19)15-11(17)3-2-4-12(15)18/h2-7,13,19H,8H2,1H3. The molecule has 0 aromatic heterocycles. The Bertz CT molecular complexity index is 597. The van der Waals surface area contributed by atoms with Crippen molar-refractivity contribution < 1.29 is 18.6 Å². The summed E-state index contributed by atoms with van der Waals surface area (Å²) in [6.07, 6.45) is -1.13. The molecule has 1 N–H and O–H groups in total. The van der Waals surface area contributed by atoms with Crippen LogP contribution < -0.4 is 4.74 Å². The van der Waals surface area contributed by atoms with Gasteiger partial charge in [-0.3, -0.25) is 0 Å². The van der Waals surface area contributed by atoms with E-state index in [9.17, 15) is 13.9 Å². The first kappa shape index (κ1) is 14.9. The highest BCUT2D eigenvalue weighted by atomic mass is 79.9. The van der Waals surface area contributed by atoms with E-state index in [0.29, 0.717) is 5.75 Å². The molecule has 0 saturated heterocycles. The summed E-state index contributed by atoms with van der Waals surface area (Å²) in [6, 6.07) is 8.75. The van der Waals surface area contributed by atoms with Gasteiger partial charge in [-0.25, -0.2) is 8.78 Å². The van der Waals surface area contributed by atoms with Gasteiger partial charge in [0.05, 0.1) is 23.2 Å². The monoisotopic (exact) mass is 342 g/mol. The topological polar surface area (TPSA) is 29.5 Å². The molecule has 0 aliphatic carbocycles. The van der Waals surface area contributed by atoms with Crippen LogP contribution >= 0.6 is 15.9 Å². The van der Waals surface area contributed by atoms with E-state index >= 15 is 0 Å². The van der Waals surface area contributed by atoms with Crippen LogP contribution in [0.1, 0.15) is 17.2 Å². The van der Waals surface area contributed by atoms with Crippen molar-refractivity contribution in [1.29, 1.82) is 0 Å². The second kappa shape index (κ2) is 6.33. The Balaban J connectivity index is 2.23. The second-order valence-corrected chi connectivity index (χ2v) is 5.18. The van der Waals surface area contributed by atoms with Crippen molar-refractivity contribution in [3.8, 4) is 5.75 Å². The van der Waals surface area contributed by atoms with Crippen LogP contribution in [0.15, 0.2) is 40.9 Å². The molecule has 2 rings (SSSR count). The summed E-state index contributed by atoms with van der Waals surface area (Å²) >= 11 is 3.33. The van der Waals surface area contributed by atoms with Crippen molar-refractivity contribution in [2.45, 2.75) is 12.5 Å². The number of aliphatic hydroxyl groups is 1. The van der Waals surface area contributed by atoms with Gasteiger partial charge in [0.1, 0.15) is 17.4 Å². The fourth-order valence-electron chi connectivity index (χ4n) is 1.99. The Hall–Kier alpha value is -1.46. The van der Waals surface area contributed by atoms with E-state index in [0.717, 1.165) is 22.2 Å². The SMILES string of the molecule is COc1ccc(CC(O)c2c(F)cccc2F)cc1Br. The van der Waals surface area contributed by atoms with Crippen molar-refractivity contribution in [3.05, 3.63) is 63.6 Å². The molecule has 0 aliphatic heterocycles. The van der Waals surface area contributed by atoms with Crippen LogP contribution in [0.3, 0.4) is 0 Å². The van der Waals surface area contributed by atoms with Gasteiger partial charge >= 0.3 is 0 Å². The Morgan fingerprint density at radius 3 is 2.40 bits per heavy atom. The van der Waals surface area contributed by atoms with Crippen molar-refractivity contribution in [2.24, 2.45) is 0 Å². The van der Waals surface area contributed by atoms with Crippen LogP contribution in [0.5, 0.6) is 5.75 Å². The molecule has 0 saturated carbocycles. The third kappa shape index (κ3) is 3.16. The summed E-state index contributed by atoms with van der Waals surface area (Å²) in [5.74, 6) is -0.838. The zero-order chi connectivity index (χ0) is 14.7. The number of hydrogen-bond acceptors (Lipinski definition) is 2. The van der Waals surface area contributed by atoms with Gasteiger partial charge in [0.2, 0.25) is 0 Å². The van der Waals surface area contributed by atoms with Crippen LogP contribution in [-0.4, -0.2) is 12.2 Å². The lowest BCUT2D eigenvalue weighted by Gasteiger charge is -2.14. The number of halogens is 3. The smallest absolute Gasteiger partial charge is 0.133 e. The van der Waals surface area contributed by atoms with Crippen LogP contribution in [0.4, 0.5) is 8.78 Å². The van der Waals surface area contributed by atoms with Gasteiger partial charge in [-0.2, -0.15) is 0 Å². The molecule has 5 heteroatoms. The first-order valence-electron chi connectivity index (χ1n) is 5.97. The van der Waals surface area contributed by atoms with Crippen molar-refractivity contribution >= 4 is 15.9 Å². The molecule has 0 spiro atoms. The molecule has 0 aliphatic rings. The average Bonchev–Trinajstić information content (AvgIpc) is 2.38. The third-order valence-electron chi connectivity index (χ3n) is 2.98. The van der Waals surface area contributed by atoms with Gasteiger partial charge in [0.15, 0.2) is 0 Å². The molecule has 106 valence electrons. The maximum absolute atomic E-state index is 13.6. The zero-order valence-electron chi connectivity index (χ0n) is 10.7. The van der Waals surface area contributed by atoms with Gasteiger partial charge in [0.25, 0.3) is 0 Å². The zero-order valence-corrected chi connectivity index (χ0v) is 12.3. The Labute approximate surface area is 124 Å². The van der Waals surface area contributed by atoms with Gasteiger partial charge in [0, 0.05) is 6.42 Å². The van der Waals surface area contributed by atoms with Gasteiger partial charge in [-0.1, -0.05) is 12.1 Å². The van der Waals surface area contributed by atoms with Crippen molar-refractivity contribution in [2.75, 3.05) is 7.11 Å². The fraction of sp³-hybridized carbons (Fsp3) is 0.200. The molecule has 1 unspecified atom stereocenters. The summed E-state index contributed by atoms with van der Waals surface area (Å²) in [5, 5.41) is 10.0. The summed E-state index contributed by atoms with van der Waals surface area (Å²) in [4.78, 5) is 0. The summed E-state index contributed by atoms with van der Waals surface area (Å²) in [6.45, 7) is 0. The molecule has 1 atom stereocenters. The molecule has 0 radical (unpaired) electrons. The second-order valence-electron chi connectivity index (χ2n) is 4.32.